The molecule has 0 rings (SSSR count). The second kappa shape index (κ2) is 4.61. The third-order valence-corrected chi connectivity index (χ3v) is 0.913. The molecule has 0 aromatic rings. The van der Waals surface area contributed by atoms with Crippen LogP contribution in [0.3, 0.4) is 0 Å². The van der Waals surface area contributed by atoms with E-state index in [0.717, 1.165) is 0 Å². The number of hydrogen-bond donors (Lipinski definition) is 1. The van der Waals surface area contributed by atoms with Crippen LogP contribution in [0.5, 0.6) is 0 Å². The predicted molar refractivity (Wildman–Crippen MR) is 36.1 cm³/mol. The first-order valence-corrected chi connectivity index (χ1v) is 3.41. The summed E-state index contributed by atoms with van der Waals surface area (Å²) >= 11 is 6.34. The summed E-state index contributed by atoms with van der Waals surface area (Å²) in [5.41, 5.74) is 0. The number of hydrogen-bond acceptors (Lipinski definition) is 2. The van der Waals surface area contributed by atoms with E-state index in [1.807, 2.05) is 0 Å². The molecule has 0 aromatic heterocycles. The van der Waals surface area contributed by atoms with Gasteiger partial charge in [-0.1, -0.05) is 31.9 Å². The Bertz CT molecular complexity index is 64.0. The van der Waals surface area contributed by atoms with Gasteiger partial charge in [-0.05, 0) is 6.08 Å². The van der Waals surface area contributed by atoms with Gasteiger partial charge in [0.25, 0.3) is 0 Å². The summed E-state index contributed by atoms with van der Waals surface area (Å²) in [5.74, 6) is 4.65. The van der Waals surface area contributed by atoms with Crippen molar-refractivity contribution in [2.75, 3.05) is 0 Å². The molecule has 0 saturated carbocycles. The van der Waals surface area contributed by atoms with Gasteiger partial charge in [-0.25, -0.2) is 0 Å². The molecule has 0 bridgehead atoms. The van der Waals surface area contributed by atoms with E-state index in [1.54, 1.807) is 6.08 Å². The van der Waals surface area contributed by atoms with E-state index in [9.17, 15) is 0 Å². The highest BCUT2D eigenvalue weighted by Gasteiger charge is 1.84. The molecule has 4 heteroatoms. The minimum absolute atomic E-state index is 0.142. The summed E-state index contributed by atoms with van der Waals surface area (Å²) < 4.78 is 0.142. The lowest BCUT2D eigenvalue weighted by Gasteiger charge is -1.86. The predicted octanol–water partition coefficient (Wildman–Crippen LogP) is 1.51. The van der Waals surface area contributed by atoms with Crippen molar-refractivity contribution in [2.45, 2.75) is 3.74 Å². The van der Waals surface area contributed by atoms with Crippen LogP contribution in [0.2, 0.25) is 0 Å². The van der Waals surface area contributed by atoms with Gasteiger partial charge in [-0.2, -0.15) is 5.90 Å². The van der Waals surface area contributed by atoms with Crippen molar-refractivity contribution in [3.63, 3.8) is 0 Å². The van der Waals surface area contributed by atoms with Gasteiger partial charge in [0.2, 0.25) is 0 Å². The maximum atomic E-state index is 4.65. The number of rotatable bonds is 2. The zero-order chi connectivity index (χ0) is 5.70. The lowest BCUT2D eigenvalue weighted by atomic mass is 10.7. The first-order valence-electron chi connectivity index (χ1n) is 1.57. The Hall–Kier alpha value is 0.460. The highest BCUT2D eigenvalue weighted by Crippen LogP contribution is 2.07. The lowest BCUT2D eigenvalue weighted by Crippen LogP contribution is -1.88. The third-order valence-electron chi connectivity index (χ3n) is 0.303. The normalized spacial score (nSPS) is 10.9. The minimum atomic E-state index is 0.142. The van der Waals surface area contributed by atoms with Crippen molar-refractivity contribution in [2.24, 2.45) is 5.90 Å². The number of alkyl halides is 2. The summed E-state index contributed by atoms with van der Waals surface area (Å²) in [7, 11) is 0. The van der Waals surface area contributed by atoms with Crippen molar-refractivity contribution >= 4 is 31.9 Å². The molecule has 2 nitrogen and oxygen atoms in total. The molecule has 0 fully saturated rings. The maximum absolute atomic E-state index is 4.65. The molecule has 0 aromatic carbocycles. The Morgan fingerprint density at radius 2 is 2.14 bits per heavy atom. The summed E-state index contributed by atoms with van der Waals surface area (Å²) in [4.78, 5) is 4.11. The van der Waals surface area contributed by atoms with E-state index >= 15 is 0 Å². The standard InChI is InChI=1S/C3H5Br2NO/c4-3(5)1-2-7-6/h1-3H,6H2/b2-1+. The monoisotopic (exact) mass is 229 g/mol. The highest BCUT2D eigenvalue weighted by molar-refractivity contribution is 9.24. The molecule has 2 N–H and O–H groups in total. The Morgan fingerprint density at radius 3 is 2.29 bits per heavy atom. The van der Waals surface area contributed by atoms with E-state index in [1.165, 1.54) is 6.26 Å². The smallest absolute Gasteiger partial charge is 0.108 e. The molecule has 0 aliphatic carbocycles. The van der Waals surface area contributed by atoms with Crippen molar-refractivity contribution in [3.8, 4) is 0 Å². The lowest BCUT2D eigenvalue weighted by molar-refractivity contribution is 0.260. The summed E-state index contributed by atoms with van der Waals surface area (Å²) in [6.07, 6.45) is 3.09. The van der Waals surface area contributed by atoms with Gasteiger partial charge in [0.1, 0.15) is 6.26 Å². The molecule has 0 aliphatic rings. The van der Waals surface area contributed by atoms with Crippen LogP contribution in [0, 0.1) is 0 Å². The summed E-state index contributed by atoms with van der Waals surface area (Å²) in [6, 6.07) is 0. The van der Waals surface area contributed by atoms with Gasteiger partial charge in [0, 0.05) is 0 Å². The van der Waals surface area contributed by atoms with Gasteiger partial charge in [-0.3, -0.25) is 0 Å². The first kappa shape index (κ1) is 7.46. The van der Waals surface area contributed by atoms with Crippen molar-refractivity contribution in [1.82, 2.24) is 0 Å². The van der Waals surface area contributed by atoms with E-state index in [-0.39, 0.29) is 3.74 Å². The first-order chi connectivity index (χ1) is 3.27. The van der Waals surface area contributed by atoms with Crippen LogP contribution in [0.1, 0.15) is 0 Å². The molecule has 0 atom stereocenters. The summed E-state index contributed by atoms with van der Waals surface area (Å²) in [5, 5.41) is 0. The van der Waals surface area contributed by atoms with Crippen LogP contribution >= 0.6 is 31.9 Å². The molecule has 0 amide bonds. The van der Waals surface area contributed by atoms with Crippen LogP contribution in [-0.4, -0.2) is 3.74 Å². The molecule has 0 saturated heterocycles. The average Bonchev–Trinajstić information content (AvgIpc) is 1.61. The van der Waals surface area contributed by atoms with Crippen molar-refractivity contribution in [3.05, 3.63) is 12.3 Å². The van der Waals surface area contributed by atoms with Crippen molar-refractivity contribution in [1.29, 1.82) is 0 Å². The van der Waals surface area contributed by atoms with Gasteiger partial charge in [-0.15, -0.1) is 0 Å². The van der Waals surface area contributed by atoms with Crippen LogP contribution < -0.4 is 5.90 Å². The van der Waals surface area contributed by atoms with E-state index in [0.29, 0.717) is 0 Å². The molecule has 0 radical (unpaired) electrons. The van der Waals surface area contributed by atoms with E-state index < -0.39 is 0 Å². The molecule has 0 spiro atoms. The molecule has 0 heterocycles. The largest absolute Gasteiger partial charge is 0.420 e. The molecule has 42 valence electrons. The number of nitrogens with two attached hydrogens (primary N) is 1. The van der Waals surface area contributed by atoms with Crippen LogP contribution in [0.25, 0.3) is 0 Å². The fraction of sp³-hybridized carbons (Fsp3) is 0.333. The van der Waals surface area contributed by atoms with Gasteiger partial charge in [0.05, 0.1) is 3.74 Å². The van der Waals surface area contributed by atoms with Crippen LogP contribution in [0.4, 0.5) is 0 Å². The van der Waals surface area contributed by atoms with Gasteiger partial charge < -0.3 is 4.84 Å². The number of allylic oxidation sites excluding steroid dienone is 1. The van der Waals surface area contributed by atoms with Crippen molar-refractivity contribution < 1.29 is 4.84 Å². The van der Waals surface area contributed by atoms with Gasteiger partial charge >= 0.3 is 0 Å². The molecule has 0 aliphatic heterocycles. The Kier molecular flexibility index (Phi) is 4.92. The second-order valence-corrected chi connectivity index (χ2v) is 4.00. The van der Waals surface area contributed by atoms with Crippen LogP contribution in [-0.2, 0) is 4.84 Å². The zero-order valence-corrected chi connectivity index (χ0v) is 6.65. The average molecular weight is 231 g/mol. The molecular weight excluding hydrogens is 226 g/mol. The molecule has 0 unspecified atom stereocenters. The topological polar surface area (TPSA) is 35.2 Å². The number of halogens is 2. The quantitative estimate of drug-likeness (QED) is 0.444. The zero-order valence-electron chi connectivity index (χ0n) is 3.47. The van der Waals surface area contributed by atoms with E-state index in [2.05, 4.69) is 42.6 Å². The van der Waals surface area contributed by atoms with E-state index in [4.69, 9.17) is 0 Å². The Labute approximate surface area is 58.9 Å². The Morgan fingerprint density at radius 1 is 1.57 bits per heavy atom. The summed E-state index contributed by atoms with van der Waals surface area (Å²) in [6.45, 7) is 0. The minimum Gasteiger partial charge on any atom is -0.420 e. The highest BCUT2D eigenvalue weighted by atomic mass is 79.9. The Balaban J connectivity index is 3.08. The molecular formula is C3H5Br2NO. The molecule has 7 heavy (non-hydrogen) atoms. The van der Waals surface area contributed by atoms with Crippen LogP contribution in [0.15, 0.2) is 12.3 Å². The fourth-order valence-corrected chi connectivity index (χ4v) is 0.354. The fourth-order valence-electron chi connectivity index (χ4n) is 0.105. The maximum Gasteiger partial charge on any atom is 0.108 e. The second-order valence-electron chi connectivity index (χ2n) is 0.799. The van der Waals surface area contributed by atoms with Gasteiger partial charge in [0.15, 0.2) is 0 Å². The SMILES string of the molecule is NO/C=C/C(Br)Br. The third kappa shape index (κ3) is 6.46.